The lowest BCUT2D eigenvalue weighted by Gasteiger charge is -2.24. The third-order valence-electron chi connectivity index (χ3n) is 4.16. The standard InChI is InChI=1S/C20H25F2N3O/c1-4-5-15-11-23-13-24-19(15)12-25(9-8-14(2)3)20(26)17-10-16(21)6-7-18(17)22/h6-7,10-11,13-14H,4-5,8-9,12H2,1-3H3. The van der Waals surface area contributed by atoms with Gasteiger partial charge in [0.05, 0.1) is 17.8 Å². The van der Waals surface area contributed by atoms with Crippen LogP contribution in [0.3, 0.4) is 0 Å². The van der Waals surface area contributed by atoms with Crippen LogP contribution in [0.2, 0.25) is 0 Å². The predicted molar refractivity (Wildman–Crippen MR) is 96.6 cm³/mol. The van der Waals surface area contributed by atoms with Crippen molar-refractivity contribution in [3.05, 3.63) is 59.2 Å². The van der Waals surface area contributed by atoms with Crippen LogP contribution in [0.25, 0.3) is 0 Å². The zero-order chi connectivity index (χ0) is 19.1. The van der Waals surface area contributed by atoms with E-state index < -0.39 is 17.5 Å². The average Bonchev–Trinajstić information content (AvgIpc) is 2.61. The highest BCUT2D eigenvalue weighted by Gasteiger charge is 2.22. The van der Waals surface area contributed by atoms with Crippen molar-refractivity contribution in [2.45, 2.75) is 46.6 Å². The van der Waals surface area contributed by atoms with Crippen LogP contribution in [-0.2, 0) is 13.0 Å². The van der Waals surface area contributed by atoms with Crippen molar-refractivity contribution in [2.75, 3.05) is 6.54 Å². The summed E-state index contributed by atoms with van der Waals surface area (Å²) in [6, 6.07) is 2.94. The zero-order valence-corrected chi connectivity index (χ0v) is 15.5. The molecule has 0 radical (unpaired) electrons. The molecule has 2 aromatic rings. The number of benzene rings is 1. The van der Waals surface area contributed by atoms with E-state index >= 15 is 0 Å². The van der Waals surface area contributed by atoms with E-state index in [0.29, 0.717) is 12.5 Å². The summed E-state index contributed by atoms with van der Waals surface area (Å²) in [7, 11) is 0. The van der Waals surface area contributed by atoms with Crippen LogP contribution in [-0.4, -0.2) is 27.3 Å². The number of amides is 1. The number of halogens is 2. The Balaban J connectivity index is 2.31. The molecule has 140 valence electrons. The maximum Gasteiger partial charge on any atom is 0.257 e. The molecule has 26 heavy (non-hydrogen) atoms. The van der Waals surface area contributed by atoms with Gasteiger partial charge in [-0.25, -0.2) is 18.7 Å². The van der Waals surface area contributed by atoms with E-state index in [4.69, 9.17) is 0 Å². The first-order valence-corrected chi connectivity index (χ1v) is 8.94. The number of hydrogen-bond donors (Lipinski definition) is 0. The molecular weight excluding hydrogens is 336 g/mol. The van der Waals surface area contributed by atoms with Crippen molar-refractivity contribution >= 4 is 5.91 Å². The molecule has 0 atom stereocenters. The van der Waals surface area contributed by atoms with E-state index in [9.17, 15) is 13.6 Å². The lowest BCUT2D eigenvalue weighted by molar-refractivity contribution is 0.0727. The van der Waals surface area contributed by atoms with E-state index in [1.807, 2.05) is 0 Å². The third kappa shape index (κ3) is 5.31. The fourth-order valence-electron chi connectivity index (χ4n) is 2.68. The molecule has 0 saturated heterocycles. The topological polar surface area (TPSA) is 46.1 Å². The molecule has 1 heterocycles. The van der Waals surface area contributed by atoms with Crippen LogP contribution >= 0.6 is 0 Å². The van der Waals surface area contributed by atoms with Gasteiger partial charge in [0.2, 0.25) is 0 Å². The van der Waals surface area contributed by atoms with Gasteiger partial charge in [0.15, 0.2) is 0 Å². The minimum absolute atomic E-state index is 0.249. The smallest absolute Gasteiger partial charge is 0.257 e. The van der Waals surface area contributed by atoms with Crippen molar-refractivity contribution < 1.29 is 13.6 Å². The Bertz CT molecular complexity index is 750. The van der Waals surface area contributed by atoms with Gasteiger partial charge in [-0.1, -0.05) is 27.2 Å². The van der Waals surface area contributed by atoms with Gasteiger partial charge in [0, 0.05) is 12.7 Å². The highest BCUT2D eigenvalue weighted by molar-refractivity contribution is 5.94. The van der Waals surface area contributed by atoms with E-state index in [1.165, 1.54) is 6.33 Å². The van der Waals surface area contributed by atoms with Crippen molar-refractivity contribution in [1.82, 2.24) is 14.9 Å². The Hall–Kier alpha value is -2.37. The van der Waals surface area contributed by atoms with Gasteiger partial charge < -0.3 is 4.90 Å². The van der Waals surface area contributed by atoms with E-state index in [1.54, 1.807) is 11.1 Å². The molecule has 0 aliphatic heterocycles. The Kier molecular flexibility index (Phi) is 7.18. The molecular formula is C20H25F2N3O. The third-order valence-corrected chi connectivity index (χ3v) is 4.16. The van der Waals surface area contributed by atoms with Gasteiger partial charge in [-0.2, -0.15) is 0 Å². The van der Waals surface area contributed by atoms with Crippen molar-refractivity contribution in [2.24, 2.45) is 5.92 Å². The molecule has 0 saturated carbocycles. The molecule has 0 fully saturated rings. The summed E-state index contributed by atoms with van der Waals surface area (Å²) in [5.41, 5.74) is 1.47. The average molecular weight is 361 g/mol. The summed E-state index contributed by atoms with van der Waals surface area (Å²) in [5, 5.41) is 0. The number of rotatable bonds is 8. The number of hydrogen-bond acceptors (Lipinski definition) is 3. The maximum absolute atomic E-state index is 14.1. The lowest BCUT2D eigenvalue weighted by Crippen LogP contribution is -2.33. The summed E-state index contributed by atoms with van der Waals surface area (Å²) in [6.07, 6.45) is 5.69. The summed E-state index contributed by atoms with van der Waals surface area (Å²) >= 11 is 0. The quantitative estimate of drug-likeness (QED) is 0.700. The second-order valence-corrected chi connectivity index (χ2v) is 6.78. The van der Waals surface area contributed by atoms with Gasteiger partial charge in [-0.15, -0.1) is 0 Å². The van der Waals surface area contributed by atoms with Crippen molar-refractivity contribution in [1.29, 1.82) is 0 Å². The fourth-order valence-corrected chi connectivity index (χ4v) is 2.68. The Morgan fingerprint density at radius 1 is 1.27 bits per heavy atom. The molecule has 0 aliphatic rings. The number of aromatic nitrogens is 2. The molecule has 1 amide bonds. The number of nitrogens with zero attached hydrogens (tertiary/aromatic N) is 3. The van der Waals surface area contributed by atoms with Crippen molar-refractivity contribution in [3.63, 3.8) is 0 Å². The van der Waals surface area contributed by atoms with Gasteiger partial charge >= 0.3 is 0 Å². The largest absolute Gasteiger partial charge is 0.333 e. The molecule has 6 heteroatoms. The fraction of sp³-hybridized carbons (Fsp3) is 0.450. The normalized spacial score (nSPS) is 11.0. The number of carbonyl (C=O) groups excluding carboxylic acids is 1. The number of carbonyl (C=O) groups is 1. The summed E-state index contributed by atoms with van der Waals surface area (Å²) < 4.78 is 27.6. The highest BCUT2D eigenvalue weighted by atomic mass is 19.1. The van der Waals surface area contributed by atoms with Crippen LogP contribution in [0.4, 0.5) is 8.78 Å². The molecule has 0 aliphatic carbocycles. The second-order valence-electron chi connectivity index (χ2n) is 6.78. The zero-order valence-electron chi connectivity index (χ0n) is 15.5. The van der Waals surface area contributed by atoms with Crippen LogP contribution < -0.4 is 0 Å². The Morgan fingerprint density at radius 2 is 2.04 bits per heavy atom. The SMILES string of the molecule is CCCc1cncnc1CN(CCC(C)C)C(=O)c1cc(F)ccc1F. The highest BCUT2D eigenvalue weighted by Crippen LogP contribution is 2.17. The van der Waals surface area contributed by atoms with E-state index in [0.717, 1.165) is 48.7 Å². The minimum Gasteiger partial charge on any atom is -0.333 e. The minimum atomic E-state index is -0.720. The van der Waals surface area contributed by atoms with Gasteiger partial charge in [-0.05, 0) is 42.5 Å². The van der Waals surface area contributed by atoms with Gasteiger partial charge in [0.1, 0.15) is 18.0 Å². The molecule has 1 aromatic heterocycles. The molecule has 1 aromatic carbocycles. The summed E-state index contributed by atoms with van der Waals surface area (Å²) in [4.78, 5) is 22.8. The van der Waals surface area contributed by atoms with Crippen LogP contribution in [0.5, 0.6) is 0 Å². The predicted octanol–water partition coefficient (Wildman–Crippen LogP) is 4.40. The van der Waals surface area contributed by atoms with E-state index in [2.05, 4.69) is 30.7 Å². The Morgan fingerprint density at radius 3 is 2.73 bits per heavy atom. The van der Waals surface area contributed by atoms with Crippen molar-refractivity contribution in [3.8, 4) is 0 Å². The molecule has 0 unspecified atom stereocenters. The molecule has 2 rings (SSSR count). The maximum atomic E-state index is 14.1. The summed E-state index contributed by atoms with van der Waals surface area (Å²) in [6.45, 7) is 6.86. The van der Waals surface area contributed by atoms with E-state index in [-0.39, 0.29) is 12.1 Å². The van der Waals surface area contributed by atoms with Gasteiger partial charge in [-0.3, -0.25) is 4.79 Å². The summed E-state index contributed by atoms with van der Waals surface area (Å²) in [5.74, 6) is -1.50. The molecule has 0 spiro atoms. The monoisotopic (exact) mass is 361 g/mol. The first-order chi connectivity index (χ1) is 12.4. The number of aryl methyl sites for hydroxylation is 1. The lowest BCUT2D eigenvalue weighted by atomic mass is 10.1. The van der Waals surface area contributed by atoms with Crippen LogP contribution in [0.1, 0.15) is 55.2 Å². The first-order valence-electron chi connectivity index (χ1n) is 8.94. The van der Waals surface area contributed by atoms with Gasteiger partial charge in [0.25, 0.3) is 5.91 Å². The molecule has 4 nitrogen and oxygen atoms in total. The second kappa shape index (κ2) is 9.36. The van der Waals surface area contributed by atoms with Crippen LogP contribution in [0, 0.1) is 17.6 Å². The Labute approximate surface area is 153 Å². The first kappa shape index (κ1) is 19.9. The van der Waals surface area contributed by atoms with Crippen LogP contribution in [0.15, 0.2) is 30.7 Å². The molecule has 0 N–H and O–H groups in total. The molecule has 0 bridgehead atoms.